The number of aromatic nitrogens is 3. The molecule has 2 rings (SSSR count). The SMILES string of the molecule is CC(C)(N)CNc1cc(Nc2ccncc2)ncn1. The van der Waals surface area contributed by atoms with Crippen molar-refractivity contribution in [1.29, 1.82) is 0 Å². The van der Waals surface area contributed by atoms with Gasteiger partial charge in [0.25, 0.3) is 0 Å². The van der Waals surface area contributed by atoms with Gasteiger partial charge in [0.2, 0.25) is 0 Å². The van der Waals surface area contributed by atoms with E-state index in [9.17, 15) is 0 Å². The lowest BCUT2D eigenvalue weighted by Crippen LogP contribution is -2.39. The summed E-state index contributed by atoms with van der Waals surface area (Å²) in [6.07, 6.45) is 4.95. The number of anilines is 3. The van der Waals surface area contributed by atoms with E-state index in [1.165, 1.54) is 6.33 Å². The molecule has 0 radical (unpaired) electrons. The van der Waals surface area contributed by atoms with Gasteiger partial charge in [-0.05, 0) is 26.0 Å². The van der Waals surface area contributed by atoms with Gasteiger partial charge in [0.05, 0.1) is 0 Å². The third kappa shape index (κ3) is 4.51. The number of nitrogens with zero attached hydrogens (tertiary/aromatic N) is 3. The predicted molar refractivity (Wildman–Crippen MR) is 76.3 cm³/mol. The number of hydrogen-bond donors (Lipinski definition) is 3. The van der Waals surface area contributed by atoms with Crippen molar-refractivity contribution in [2.24, 2.45) is 5.73 Å². The molecule has 2 aromatic rings. The summed E-state index contributed by atoms with van der Waals surface area (Å²) in [5.41, 5.74) is 6.56. The Morgan fingerprint density at radius 3 is 2.53 bits per heavy atom. The molecular weight excluding hydrogens is 240 g/mol. The minimum absolute atomic E-state index is 0.288. The van der Waals surface area contributed by atoms with E-state index in [0.717, 1.165) is 17.3 Å². The monoisotopic (exact) mass is 258 g/mol. The van der Waals surface area contributed by atoms with Crippen LogP contribution in [0.1, 0.15) is 13.8 Å². The van der Waals surface area contributed by atoms with E-state index in [-0.39, 0.29) is 5.54 Å². The zero-order chi connectivity index (χ0) is 13.7. The summed E-state index contributed by atoms with van der Waals surface area (Å²) in [6.45, 7) is 4.55. The minimum Gasteiger partial charge on any atom is -0.368 e. The third-order valence-electron chi connectivity index (χ3n) is 2.34. The molecule has 0 aliphatic rings. The Morgan fingerprint density at radius 2 is 1.84 bits per heavy atom. The van der Waals surface area contributed by atoms with Crippen molar-refractivity contribution in [3.05, 3.63) is 36.9 Å². The first-order valence-corrected chi connectivity index (χ1v) is 6.05. The number of pyridine rings is 1. The summed E-state index contributed by atoms with van der Waals surface area (Å²) in [6, 6.07) is 5.59. The second kappa shape index (κ2) is 5.62. The quantitative estimate of drug-likeness (QED) is 0.757. The van der Waals surface area contributed by atoms with Gasteiger partial charge in [0, 0.05) is 36.2 Å². The molecule has 0 aliphatic carbocycles. The highest BCUT2D eigenvalue weighted by molar-refractivity contribution is 5.58. The summed E-state index contributed by atoms with van der Waals surface area (Å²) in [7, 11) is 0. The van der Waals surface area contributed by atoms with Gasteiger partial charge in [0.1, 0.15) is 18.0 Å². The highest BCUT2D eigenvalue weighted by Crippen LogP contribution is 2.15. The Labute approximate surface area is 112 Å². The largest absolute Gasteiger partial charge is 0.368 e. The highest BCUT2D eigenvalue weighted by atomic mass is 15.1. The molecule has 0 amide bonds. The van der Waals surface area contributed by atoms with Gasteiger partial charge in [-0.2, -0.15) is 0 Å². The molecule has 0 aliphatic heterocycles. The van der Waals surface area contributed by atoms with Crippen LogP contribution in [-0.2, 0) is 0 Å². The molecule has 6 heteroatoms. The molecule has 2 heterocycles. The maximum atomic E-state index is 5.92. The van der Waals surface area contributed by atoms with Gasteiger partial charge in [-0.3, -0.25) is 4.98 Å². The van der Waals surface area contributed by atoms with Crippen LogP contribution in [0.3, 0.4) is 0 Å². The fourth-order valence-electron chi connectivity index (χ4n) is 1.42. The maximum absolute atomic E-state index is 5.92. The van der Waals surface area contributed by atoms with E-state index in [1.54, 1.807) is 12.4 Å². The van der Waals surface area contributed by atoms with Crippen molar-refractivity contribution < 1.29 is 0 Å². The number of nitrogens with two attached hydrogens (primary N) is 1. The van der Waals surface area contributed by atoms with Gasteiger partial charge in [0.15, 0.2) is 0 Å². The first-order valence-electron chi connectivity index (χ1n) is 6.05. The molecule has 4 N–H and O–H groups in total. The average Bonchev–Trinajstić information content (AvgIpc) is 2.37. The second-order valence-corrected chi connectivity index (χ2v) is 4.99. The van der Waals surface area contributed by atoms with Crippen LogP contribution in [0.15, 0.2) is 36.9 Å². The van der Waals surface area contributed by atoms with Crippen LogP contribution in [-0.4, -0.2) is 27.0 Å². The molecule has 19 heavy (non-hydrogen) atoms. The van der Waals surface area contributed by atoms with Crippen LogP contribution < -0.4 is 16.4 Å². The Bertz CT molecular complexity index is 520. The highest BCUT2D eigenvalue weighted by Gasteiger charge is 2.10. The summed E-state index contributed by atoms with van der Waals surface area (Å²) in [5.74, 6) is 1.46. The standard InChI is InChI=1S/C13H18N6/c1-13(2,14)8-16-11-7-12(18-9-17-11)19-10-3-5-15-6-4-10/h3-7,9H,8,14H2,1-2H3,(H2,15,16,17,18,19). The van der Waals surface area contributed by atoms with Gasteiger partial charge in [-0.1, -0.05) is 0 Å². The zero-order valence-electron chi connectivity index (χ0n) is 11.1. The third-order valence-corrected chi connectivity index (χ3v) is 2.34. The Balaban J connectivity index is 2.03. The van der Waals surface area contributed by atoms with Crippen molar-refractivity contribution in [3.63, 3.8) is 0 Å². The summed E-state index contributed by atoms with van der Waals surface area (Å²) in [4.78, 5) is 12.3. The Morgan fingerprint density at radius 1 is 1.16 bits per heavy atom. The number of hydrogen-bond acceptors (Lipinski definition) is 6. The van der Waals surface area contributed by atoms with E-state index in [4.69, 9.17) is 5.73 Å². The van der Waals surface area contributed by atoms with Gasteiger partial charge < -0.3 is 16.4 Å². The van der Waals surface area contributed by atoms with Gasteiger partial charge >= 0.3 is 0 Å². The van der Waals surface area contributed by atoms with E-state index in [1.807, 2.05) is 32.0 Å². The summed E-state index contributed by atoms with van der Waals surface area (Å²) >= 11 is 0. The average molecular weight is 258 g/mol. The molecule has 2 aromatic heterocycles. The fraction of sp³-hybridized carbons (Fsp3) is 0.308. The van der Waals surface area contributed by atoms with E-state index in [0.29, 0.717) is 6.54 Å². The van der Waals surface area contributed by atoms with Crippen molar-refractivity contribution in [1.82, 2.24) is 15.0 Å². The van der Waals surface area contributed by atoms with Crippen molar-refractivity contribution >= 4 is 17.3 Å². The van der Waals surface area contributed by atoms with Crippen LogP contribution >= 0.6 is 0 Å². The van der Waals surface area contributed by atoms with Crippen molar-refractivity contribution in [2.75, 3.05) is 17.2 Å². The maximum Gasteiger partial charge on any atom is 0.135 e. The van der Waals surface area contributed by atoms with Crippen molar-refractivity contribution in [2.45, 2.75) is 19.4 Å². The molecule has 0 spiro atoms. The lowest BCUT2D eigenvalue weighted by atomic mass is 10.1. The predicted octanol–water partition coefficient (Wildman–Crippen LogP) is 1.76. The van der Waals surface area contributed by atoms with E-state index in [2.05, 4.69) is 25.6 Å². The topological polar surface area (TPSA) is 88.8 Å². The van der Waals surface area contributed by atoms with Crippen LogP contribution in [0.2, 0.25) is 0 Å². The summed E-state index contributed by atoms with van der Waals surface area (Å²) in [5, 5.41) is 6.36. The molecule has 0 saturated carbocycles. The minimum atomic E-state index is -0.288. The molecule has 6 nitrogen and oxygen atoms in total. The zero-order valence-corrected chi connectivity index (χ0v) is 11.1. The first-order chi connectivity index (χ1) is 9.03. The van der Waals surface area contributed by atoms with Crippen LogP contribution in [0.5, 0.6) is 0 Å². The van der Waals surface area contributed by atoms with E-state index < -0.39 is 0 Å². The van der Waals surface area contributed by atoms with Crippen LogP contribution in [0.4, 0.5) is 17.3 Å². The van der Waals surface area contributed by atoms with Crippen LogP contribution in [0, 0.1) is 0 Å². The second-order valence-electron chi connectivity index (χ2n) is 4.99. The molecule has 0 aromatic carbocycles. The van der Waals surface area contributed by atoms with E-state index >= 15 is 0 Å². The normalized spacial score (nSPS) is 11.1. The molecule has 100 valence electrons. The summed E-state index contributed by atoms with van der Waals surface area (Å²) < 4.78 is 0. The molecule has 0 saturated heterocycles. The number of nitrogens with one attached hydrogen (secondary N) is 2. The van der Waals surface area contributed by atoms with Gasteiger partial charge in [-0.15, -0.1) is 0 Å². The Hall–Kier alpha value is -2.21. The van der Waals surface area contributed by atoms with Gasteiger partial charge in [-0.25, -0.2) is 9.97 Å². The Kier molecular flexibility index (Phi) is 3.91. The lowest BCUT2D eigenvalue weighted by molar-refractivity contribution is 0.548. The smallest absolute Gasteiger partial charge is 0.135 e. The molecular formula is C13H18N6. The van der Waals surface area contributed by atoms with Crippen molar-refractivity contribution in [3.8, 4) is 0 Å². The molecule has 0 atom stereocenters. The molecule has 0 unspecified atom stereocenters. The first kappa shape index (κ1) is 13.2. The van der Waals surface area contributed by atoms with Crippen LogP contribution in [0.25, 0.3) is 0 Å². The fourth-order valence-corrected chi connectivity index (χ4v) is 1.42. The molecule has 0 fully saturated rings. The molecule has 0 bridgehead atoms. The number of rotatable bonds is 5. The lowest BCUT2D eigenvalue weighted by Gasteiger charge is -2.19.